The molecule has 1 nitrogen and oxygen atoms in total. The zero-order valence-electron chi connectivity index (χ0n) is 7.51. The monoisotopic (exact) mass is 178 g/mol. The fourth-order valence-corrected chi connectivity index (χ4v) is 0.939. The molecule has 0 aliphatic carbocycles. The first-order valence-corrected chi connectivity index (χ1v) is 4.03. The molecule has 0 amide bonds. The molecule has 1 rings (SSSR count). The van der Waals surface area contributed by atoms with Gasteiger partial charge in [0.25, 0.3) is 0 Å². The number of ketones is 1. The largest absolute Gasteiger partial charge is 0.294 e. The van der Waals surface area contributed by atoms with E-state index in [1.807, 2.05) is 0 Å². The molecule has 0 atom stereocenters. The summed E-state index contributed by atoms with van der Waals surface area (Å²) in [7, 11) is 0. The third-order valence-electron chi connectivity index (χ3n) is 1.75. The standard InChI is InChI=1S/C11H11FO/c1-8(2)11(13)7-9-3-5-10(12)6-4-9/h3-6H,1,7H2,2H3. The molecule has 0 aromatic heterocycles. The van der Waals surface area contributed by atoms with E-state index in [0.717, 1.165) is 5.56 Å². The zero-order chi connectivity index (χ0) is 9.84. The van der Waals surface area contributed by atoms with Gasteiger partial charge in [-0.1, -0.05) is 18.7 Å². The molecule has 0 bridgehead atoms. The van der Waals surface area contributed by atoms with Gasteiger partial charge in [0.05, 0.1) is 0 Å². The fourth-order valence-electron chi connectivity index (χ4n) is 0.939. The van der Waals surface area contributed by atoms with Crippen LogP contribution < -0.4 is 0 Å². The van der Waals surface area contributed by atoms with Crippen LogP contribution in [0, 0.1) is 5.82 Å². The second-order valence-corrected chi connectivity index (χ2v) is 3.01. The quantitative estimate of drug-likeness (QED) is 0.650. The highest BCUT2D eigenvalue weighted by Crippen LogP contribution is 2.06. The van der Waals surface area contributed by atoms with Crippen molar-refractivity contribution in [2.75, 3.05) is 0 Å². The van der Waals surface area contributed by atoms with Crippen molar-refractivity contribution >= 4 is 5.78 Å². The number of halogens is 1. The Kier molecular flexibility index (Phi) is 2.96. The number of carbonyl (C=O) groups is 1. The zero-order valence-corrected chi connectivity index (χ0v) is 7.51. The average molecular weight is 178 g/mol. The summed E-state index contributed by atoms with van der Waals surface area (Å²) in [6.45, 7) is 5.22. The lowest BCUT2D eigenvalue weighted by Crippen LogP contribution is -2.02. The molecular formula is C11H11FO. The van der Waals surface area contributed by atoms with Gasteiger partial charge in [-0.3, -0.25) is 4.79 Å². The molecular weight excluding hydrogens is 167 g/mol. The summed E-state index contributed by atoms with van der Waals surface area (Å²) in [5.41, 5.74) is 1.35. The summed E-state index contributed by atoms with van der Waals surface area (Å²) in [5, 5.41) is 0. The van der Waals surface area contributed by atoms with Gasteiger partial charge in [-0.25, -0.2) is 4.39 Å². The van der Waals surface area contributed by atoms with E-state index in [9.17, 15) is 9.18 Å². The van der Waals surface area contributed by atoms with Gasteiger partial charge in [-0.2, -0.15) is 0 Å². The Bertz CT molecular complexity index is 324. The molecule has 0 N–H and O–H groups in total. The maximum absolute atomic E-state index is 12.5. The second kappa shape index (κ2) is 3.99. The van der Waals surface area contributed by atoms with Gasteiger partial charge in [-0.05, 0) is 30.2 Å². The van der Waals surface area contributed by atoms with Crippen LogP contribution in [-0.2, 0) is 11.2 Å². The lowest BCUT2D eigenvalue weighted by atomic mass is 10.1. The first-order valence-electron chi connectivity index (χ1n) is 4.03. The highest BCUT2D eigenvalue weighted by atomic mass is 19.1. The van der Waals surface area contributed by atoms with Gasteiger partial charge >= 0.3 is 0 Å². The first-order chi connectivity index (χ1) is 6.09. The second-order valence-electron chi connectivity index (χ2n) is 3.01. The van der Waals surface area contributed by atoms with E-state index in [0.29, 0.717) is 12.0 Å². The summed E-state index contributed by atoms with van der Waals surface area (Å²) in [6.07, 6.45) is 0.301. The molecule has 0 fully saturated rings. The van der Waals surface area contributed by atoms with Gasteiger partial charge in [0.2, 0.25) is 0 Å². The molecule has 0 unspecified atom stereocenters. The van der Waals surface area contributed by atoms with Crippen molar-refractivity contribution in [3.8, 4) is 0 Å². The normalized spacial score (nSPS) is 9.69. The van der Waals surface area contributed by atoms with Crippen molar-refractivity contribution in [3.05, 3.63) is 47.8 Å². The van der Waals surface area contributed by atoms with Crippen molar-refractivity contribution < 1.29 is 9.18 Å². The molecule has 0 heterocycles. The number of rotatable bonds is 3. The molecule has 0 radical (unpaired) electrons. The Balaban J connectivity index is 2.70. The van der Waals surface area contributed by atoms with Crippen LogP contribution in [0.3, 0.4) is 0 Å². The average Bonchev–Trinajstić information content (AvgIpc) is 2.08. The highest BCUT2D eigenvalue weighted by molar-refractivity contribution is 5.95. The van der Waals surface area contributed by atoms with Crippen molar-refractivity contribution in [1.82, 2.24) is 0 Å². The van der Waals surface area contributed by atoms with Gasteiger partial charge < -0.3 is 0 Å². The van der Waals surface area contributed by atoms with Gasteiger partial charge in [0.15, 0.2) is 5.78 Å². The van der Waals surface area contributed by atoms with Gasteiger partial charge in [0, 0.05) is 6.42 Å². The summed E-state index contributed by atoms with van der Waals surface area (Å²) >= 11 is 0. The van der Waals surface area contributed by atoms with E-state index in [1.54, 1.807) is 19.1 Å². The number of hydrogen-bond donors (Lipinski definition) is 0. The summed E-state index contributed by atoms with van der Waals surface area (Å²) in [4.78, 5) is 11.2. The molecule has 0 spiro atoms. The third-order valence-corrected chi connectivity index (χ3v) is 1.75. The first kappa shape index (κ1) is 9.65. The number of benzene rings is 1. The third kappa shape index (κ3) is 2.82. The fraction of sp³-hybridized carbons (Fsp3) is 0.182. The Morgan fingerprint density at radius 1 is 1.38 bits per heavy atom. The van der Waals surface area contributed by atoms with Crippen LogP contribution in [0.2, 0.25) is 0 Å². The molecule has 0 saturated heterocycles. The Morgan fingerprint density at radius 3 is 2.38 bits per heavy atom. The van der Waals surface area contributed by atoms with Crippen molar-refractivity contribution in [1.29, 1.82) is 0 Å². The van der Waals surface area contributed by atoms with Crippen LogP contribution in [-0.4, -0.2) is 5.78 Å². The molecule has 0 aliphatic rings. The number of allylic oxidation sites excluding steroid dienone is 1. The van der Waals surface area contributed by atoms with Crippen LogP contribution in [0.15, 0.2) is 36.4 Å². The van der Waals surface area contributed by atoms with Crippen LogP contribution in [0.25, 0.3) is 0 Å². The smallest absolute Gasteiger partial charge is 0.162 e. The van der Waals surface area contributed by atoms with E-state index in [4.69, 9.17) is 0 Å². The molecule has 13 heavy (non-hydrogen) atoms. The Hall–Kier alpha value is -1.44. The lowest BCUT2D eigenvalue weighted by molar-refractivity contribution is -0.114. The minimum atomic E-state index is -0.286. The summed E-state index contributed by atoms with van der Waals surface area (Å²) < 4.78 is 12.5. The molecule has 0 saturated carbocycles. The van der Waals surface area contributed by atoms with Gasteiger partial charge in [0.1, 0.15) is 5.82 Å². The van der Waals surface area contributed by atoms with E-state index < -0.39 is 0 Å². The van der Waals surface area contributed by atoms with E-state index in [2.05, 4.69) is 6.58 Å². The minimum Gasteiger partial charge on any atom is -0.294 e. The molecule has 1 aromatic carbocycles. The lowest BCUT2D eigenvalue weighted by Gasteiger charge is -1.99. The van der Waals surface area contributed by atoms with Crippen LogP contribution in [0.5, 0.6) is 0 Å². The van der Waals surface area contributed by atoms with E-state index in [-0.39, 0.29) is 11.6 Å². The van der Waals surface area contributed by atoms with Crippen LogP contribution in [0.4, 0.5) is 4.39 Å². The number of carbonyl (C=O) groups excluding carboxylic acids is 1. The SMILES string of the molecule is C=C(C)C(=O)Cc1ccc(F)cc1. The molecule has 0 aliphatic heterocycles. The Morgan fingerprint density at radius 2 is 1.92 bits per heavy atom. The topological polar surface area (TPSA) is 17.1 Å². The van der Waals surface area contributed by atoms with Crippen molar-refractivity contribution in [2.45, 2.75) is 13.3 Å². The minimum absolute atomic E-state index is 0.00777. The molecule has 1 aromatic rings. The van der Waals surface area contributed by atoms with Crippen molar-refractivity contribution in [3.63, 3.8) is 0 Å². The maximum atomic E-state index is 12.5. The summed E-state index contributed by atoms with van der Waals surface area (Å²) in [5.74, 6) is -0.293. The van der Waals surface area contributed by atoms with Crippen molar-refractivity contribution in [2.24, 2.45) is 0 Å². The number of Topliss-reactive ketones (excluding diaryl/α,β-unsaturated/α-hetero) is 1. The van der Waals surface area contributed by atoms with Gasteiger partial charge in [-0.15, -0.1) is 0 Å². The maximum Gasteiger partial charge on any atom is 0.162 e. The Labute approximate surface area is 76.9 Å². The van der Waals surface area contributed by atoms with Crippen LogP contribution >= 0.6 is 0 Å². The summed E-state index contributed by atoms with van der Waals surface area (Å²) in [6, 6.07) is 5.91. The predicted molar refractivity (Wildman–Crippen MR) is 49.9 cm³/mol. The molecule has 2 heteroatoms. The van der Waals surface area contributed by atoms with E-state index >= 15 is 0 Å². The predicted octanol–water partition coefficient (Wildman–Crippen LogP) is 2.51. The van der Waals surface area contributed by atoms with E-state index in [1.165, 1.54) is 12.1 Å². The van der Waals surface area contributed by atoms with Crippen LogP contribution in [0.1, 0.15) is 12.5 Å². The molecule has 68 valence electrons. The number of hydrogen-bond acceptors (Lipinski definition) is 1. The highest BCUT2D eigenvalue weighted by Gasteiger charge is 2.03.